The van der Waals surface area contributed by atoms with Crippen LogP contribution in [0.3, 0.4) is 0 Å². The van der Waals surface area contributed by atoms with Crippen LogP contribution in [0, 0.1) is 10.1 Å². The molecule has 4 rings (SSSR count). The number of halogens is 3. The number of piperazine rings is 1. The summed E-state index contributed by atoms with van der Waals surface area (Å²) in [5.74, 6) is -0.807. The van der Waals surface area contributed by atoms with Crippen molar-refractivity contribution < 1.29 is 14.5 Å². The molecule has 0 bridgehead atoms. The van der Waals surface area contributed by atoms with E-state index in [4.69, 9.17) is 27.9 Å². The van der Waals surface area contributed by atoms with Crippen LogP contribution in [-0.4, -0.2) is 55.6 Å². The third-order valence-corrected chi connectivity index (χ3v) is 7.35. The molecule has 2 aliphatic rings. The molecule has 0 aliphatic carbocycles. The SMILES string of the molecule is CCCN1CCN(c2cccc(Cl)c2Cl)CC1.COC(=O)C1=C(C)NC(C)=CC1c1cccc([N+](=O)[O-])c1.Cl. The highest BCUT2D eigenvalue weighted by molar-refractivity contribution is 6.43. The van der Waals surface area contributed by atoms with Crippen molar-refractivity contribution in [3.05, 3.63) is 91.2 Å². The van der Waals surface area contributed by atoms with Gasteiger partial charge in [0.05, 0.1) is 33.3 Å². The molecule has 8 nitrogen and oxygen atoms in total. The Labute approximate surface area is 246 Å². The van der Waals surface area contributed by atoms with Gasteiger partial charge >= 0.3 is 5.97 Å². The first kappa shape index (κ1) is 32.4. The zero-order valence-corrected chi connectivity index (χ0v) is 24.9. The van der Waals surface area contributed by atoms with E-state index in [1.807, 2.05) is 31.2 Å². The van der Waals surface area contributed by atoms with Gasteiger partial charge in [-0.1, -0.05) is 54.4 Å². The highest BCUT2D eigenvalue weighted by Crippen LogP contribution is 2.34. The van der Waals surface area contributed by atoms with Crippen molar-refractivity contribution in [2.75, 3.05) is 44.7 Å². The van der Waals surface area contributed by atoms with Gasteiger partial charge in [0.2, 0.25) is 0 Å². The Hall–Kier alpha value is -2.78. The minimum Gasteiger partial charge on any atom is -0.466 e. The molecule has 2 aliphatic heterocycles. The summed E-state index contributed by atoms with van der Waals surface area (Å²) in [4.78, 5) is 27.3. The van der Waals surface area contributed by atoms with Gasteiger partial charge in [0, 0.05) is 55.6 Å². The van der Waals surface area contributed by atoms with E-state index in [1.54, 1.807) is 19.1 Å². The highest BCUT2D eigenvalue weighted by atomic mass is 35.5. The Morgan fingerprint density at radius 1 is 1.13 bits per heavy atom. The highest BCUT2D eigenvalue weighted by Gasteiger charge is 2.28. The second-order valence-electron chi connectivity index (χ2n) is 9.24. The number of hydrogen-bond donors (Lipinski definition) is 1. The van der Waals surface area contributed by atoms with Crippen LogP contribution in [0.1, 0.15) is 38.7 Å². The number of ether oxygens (including phenoxy) is 1. The molecule has 11 heteroatoms. The number of non-ortho nitro benzene ring substituents is 1. The van der Waals surface area contributed by atoms with E-state index in [2.05, 4.69) is 22.0 Å². The molecule has 1 unspecified atom stereocenters. The van der Waals surface area contributed by atoms with Crippen LogP contribution in [0.5, 0.6) is 0 Å². The molecule has 2 aromatic carbocycles. The quantitative estimate of drug-likeness (QED) is 0.229. The molecule has 39 heavy (non-hydrogen) atoms. The lowest BCUT2D eigenvalue weighted by molar-refractivity contribution is -0.384. The Morgan fingerprint density at radius 3 is 2.41 bits per heavy atom. The third-order valence-electron chi connectivity index (χ3n) is 6.55. The molecule has 212 valence electrons. The number of allylic oxidation sites excluding steroid dienone is 3. The van der Waals surface area contributed by atoms with Gasteiger partial charge in [0.1, 0.15) is 0 Å². The van der Waals surface area contributed by atoms with Gasteiger partial charge in [-0.25, -0.2) is 4.79 Å². The van der Waals surface area contributed by atoms with Crippen LogP contribution in [0.15, 0.2) is 65.5 Å². The van der Waals surface area contributed by atoms with E-state index in [1.165, 1.54) is 32.2 Å². The van der Waals surface area contributed by atoms with Crippen molar-refractivity contribution in [2.24, 2.45) is 0 Å². The fourth-order valence-corrected chi connectivity index (χ4v) is 5.14. The minimum absolute atomic E-state index is 0. The molecule has 1 atom stereocenters. The van der Waals surface area contributed by atoms with E-state index in [0.29, 0.717) is 26.9 Å². The fourth-order valence-electron chi connectivity index (χ4n) is 4.72. The number of carbonyl (C=O) groups excluding carboxylic acids is 1. The lowest BCUT2D eigenvalue weighted by Crippen LogP contribution is -2.46. The van der Waals surface area contributed by atoms with Crippen LogP contribution in [0.25, 0.3) is 0 Å². The minimum atomic E-state index is -0.449. The van der Waals surface area contributed by atoms with Gasteiger partial charge in [-0.05, 0) is 44.5 Å². The molecule has 0 radical (unpaired) electrons. The second kappa shape index (κ2) is 15.1. The summed E-state index contributed by atoms with van der Waals surface area (Å²) in [6, 6.07) is 12.1. The van der Waals surface area contributed by atoms with Crippen molar-refractivity contribution >= 4 is 53.0 Å². The normalized spacial score (nSPS) is 17.2. The largest absolute Gasteiger partial charge is 0.466 e. The summed E-state index contributed by atoms with van der Waals surface area (Å²) in [7, 11) is 1.32. The summed E-state index contributed by atoms with van der Waals surface area (Å²) in [5, 5.41) is 15.3. The van der Waals surface area contributed by atoms with Crippen molar-refractivity contribution in [3.8, 4) is 0 Å². The number of dihydropyridines is 1. The molecular weight excluding hydrogens is 563 g/mol. The van der Waals surface area contributed by atoms with Crippen LogP contribution < -0.4 is 10.2 Å². The summed E-state index contributed by atoms with van der Waals surface area (Å²) in [6.45, 7) is 11.3. The number of nitrogens with zero attached hydrogens (tertiary/aromatic N) is 3. The van der Waals surface area contributed by atoms with Crippen molar-refractivity contribution in [2.45, 2.75) is 33.1 Å². The molecule has 0 spiro atoms. The summed E-state index contributed by atoms with van der Waals surface area (Å²) < 4.78 is 4.82. The maximum atomic E-state index is 12.0. The number of esters is 1. The van der Waals surface area contributed by atoms with E-state index < -0.39 is 10.9 Å². The van der Waals surface area contributed by atoms with Gasteiger partial charge in [-0.2, -0.15) is 0 Å². The first-order chi connectivity index (χ1) is 18.2. The maximum Gasteiger partial charge on any atom is 0.336 e. The Morgan fingerprint density at radius 2 is 1.79 bits per heavy atom. The summed E-state index contributed by atoms with van der Waals surface area (Å²) in [5.41, 5.74) is 3.79. The number of nitrogens with one attached hydrogen (secondary N) is 1. The number of methoxy groups -OCH3 is 1. The predicted octanol–water partition coefficient (Wildman–Crippen LogP) is 6.58. The number of anilines is 1. The molecule has 1 N–H and O–H groups in total. The topological polar surface area (TPSA) is 88.0 Å². The molecule has 2 aromatic rings. The lowest BCUT2D eigenvalue weighted by Gasteiger charge is -2.36. The van der Waals surface area contributed by atoms with Gasteiger partial charge in [-0.15, -0.1) is 12.4 Å². The third kappa shape index (κ3) is 8.35. The Kier molecular flexibility index (Phi) is 12.6. The average molecular weight is 598 g/mol. The van der Waals surface area contributed by atoms with Crippen molar-refractivity contribution in [3.63, 3.8) is 0 Å². The molecule has 0 saturated carbocycles. The maximum absolute atomic E-state index is 12.0. The number of carbonyl (C=O) groups is 1. The molecular formula is C28H35Cl3N4O4. The lowest BCUT2D eigenvalue weighted by atomic mass is 9.86. The zero-order valence-electron chi connectivity index (χ0n) is 22.6. The Bertz CT molecular complexity index is 1230. The fraction of sp³-hybridized carbons (Fsp3) is 0.393. The van der Waals surface area contributed by atoms with Gasteiger partial charge in [0.15, 0.2) is 0 Å². The van der Waals surface area contributed by atoms with E-state index >= 15 is 0 Å². The number of nitro benzene ring substituents is 1. The average Bonchev–Trinajstić information content (AvgIpc) is 2.90. The number of rotatable bonds is 6. The summed E-state index contributed by atoms with van der Waals surface area (Å²) >= 11 is 12.3. The van der Waals surface area contributed by atoms with Crippen LogP contribution in [0.2, 0.25) is 10.0 Å². The number of nitro groups is 1. The van der Waals surface area contributed by atoms with E-state index in [-0.39, 0.29) is 24.0 Å². The zero-order chi connectivity index (χ0) is 27.8. The molecule has 0 amide bonds. The van der Waals surface area contributed by atoms with Crippen LogP contribution in [0.4, 0.5) is 11.4 Å². The number of benzene rings is 2. The second-order valence-corrected chi connectivity index (χ2v) is 10.0. The predicted molar refractivity (Wildman–Crippen MR) is 160 cm³/mol. The first-order valence-electron chi connectivity index (χ1n) is 12.6. The Balaban J connectivity index is 0.000000272. The number of hydrogen-bond acceptors (Lipinski definition) is 7. The monoisotopic (exact) mass is 596 g/mol. The molecule has 0 aromatic heterocycles. The molecule has 1 fully saturated rings. The van der Waals surface area contributed by atoms with Crippen LogP contribution >= 0.6 is 35.6 Å². The van der Waals surface area contributed by atoms with Gasteiger partial charge in [0.25, 0.3) is 5.69 Å². The van der Waals surface area contributed by atoms with Gasteiger partial charge < -0.3 is 15.0 Å². The molecule has 1 saturated heterocycles. The first-order valence-corrected chi connectivity index (χ1v) is 13.3. The van der Waals surface area contributed by atoms with Crippen LogP contribution in [-0.2, 0) is 9.53 Å². The van der Waals surface area contributed by atoms with Crippen molar-refractivity contribution in [1.29, 1.82) is 0 Å². The standard InChI is InChI=1S/C15H16N2O4.C13H18Cl2N2.ClH/c1-9-7-13(14(10(2)16-9)15(18)21-3)11-5-4-6-12(8-11)17(19)20;1-2-6-16-7-9-17(10-8-16)12-5-3-4-11(14)13(12)15;/h4-8,13,16H,1-3H3;3-5H,2,6-10H2,1H3;1H. The molecule has 2 heterocycles. The van der Waals surface area contributed by atoms with E-state index in [9.17, 15) is 14.9 Å². The van der Waals surface area contributed by atoms with Crippen molar-refractivity contribution in [1.82, 2.24) is 10.2 Å². The smallest absolute Gasteiger partial charge is 0.336 e. The summed E-state index contributed by atoms with van der Waals surface area (Å²) in [6.07, 6.45) is 3.08. The van der Waals surface area contributed by atoms with Gasteiger partial charge in [-0.3, -0.25) is 15.0 Å². The van der Waals surface area contributed by atoms with E-state index in [0.717, 1.165) is 37.6 Å².